The van der Waals surface area contributed by atoms with Crippen LogP contribution in [-0.4, -0.2) is 20.7 Å². The molecule has 0 fully saturated rings. The number of carbonyl (C=O) groups excluding carboxylic acids is 1. The average molecular weight is 249 g/mol. The maximum Gasteiger partial charge on any atom is 0.349 e. The van der Waals surface area contributed by atoms with Crippen molar-refractivity contribution in [3.8, 4) is 5.88 Å². The largest absolute Gasteiger partial charge is 0.404 e. The molecule has 17 heavy (non-hydrogen) atoms. The Morgan fingerprint density at radius 3 is 2.82 bits per heavy atom. The second kappa shape index (κ2) is 4.50. The zero-order valence-electron chi connectivity index (χ0n) is 9.43. The Morgan fingerprint density at radius 2 is 2.29 bits per heavy atom. The Balaban J connectivity index is 2.30. The number of aromatic nitrogens is 3. The van der Waals surface area contributed by atoms with Crippen molar-refractivity contribution in [1.29, 1.82) is 0 Å². The Bertz CT molecular complexity index is 601. The molecule has 0 aliphatic heterocycles. The van der Waals surface area contributed by atoms with E-state index in [1.807, 2.05) is 0 Å². The fraction of sp³-hybridized carbons (Fsp3) is 0.182. The van der Waals surface area contributed by atoms with Gasteiger partial charge < -0.3 is 9.84 Å². The number of H-pyrrole nitrogens is 1. The van der Waals surface area contributed by atoms with Gasteiger partial charge in [0.15, 0.2) is 0 Å². The summed E-state index contributed by atoms with van der Waals surface area (Å²) in [5, 5.41) is 2.93. The van der Waals surface area contributed by atoms with Gasteiger partial charge in [-0.05, 0) is 13.0 Å². The summed E-state index contributed by atoms with van der Waals surface area (Å²) in [6.07, 6.45) is 1.56. The minimum atomic E-state index is -0.497. The van der Waals surface area contributed by atoms with Gasteiger partial charge in [0.05, 0.1) is 0 Å². The van der Waals surface area contributed by atoms with Crippen LogP contribution in [0.2, 0.25) is 0 Å². The molecule has 2 heterocycles. The number of nitrogens with zero attached hydrogens (tertiary/aromatic N) is 2. The summed E-state index contributed by atoms with van der Waals surface area (Å²) in [5.74, 6) is -0.238. The standard InChI is InChI=1S/C11H11N3O2S/c1-7-9(10(17)14(2)13-7)11(15)16-8-5-3-4-6-12-8/h3-6,13H,1-2H3. The quantitative estimate of drug-likeness (QED) is 0.653. The van der Waals surface area contributed by atoms with E-state index in [2.05, 4.69) is 10.1 Å². The predicted molar refractivity (Wildman–Crippen MR) is 64.5 cm³/mol. The maximum atomic E-state index is 11.9. The molecule has 6 heteroatoms. The van der Waals surface area contributed by atoms with Gasteiger partial charge >= 0.3 is 5.97 Å². The van der Waals surface area contributed by atoms with Crippen molar-refractivity contribution in [1.82, 2.24) is 14.8 Å². The molecule has 0 aliphatic rings. The molecule has 2 aromatic heterocycles. The topological polar surface area (TPSA) is 59.9 Å². The normalized spacial score (nSPS) is 10.2. The first-order valence-corrected chi connectivity index (χ1v) is 5.39. The van der Waals surface area contributed by atoms with Gasteiger partial charge in [-0.1, -0.05) is 18.3 Å². The van der Waals surface area contributed by atoms with Crippen molar-refractivity contribution in [2.45, 2.75) is 6.92 Å². The third-order valence-electron chi connectivity index (χ3n) is 2.27. The van der Waals surface area contributed by atoms with E-state index in [9.17, 15) is 4.79 Å². The maximum absolute atomic E-state index is 11.9. The number of aromatic amines is 1. The van der Waals surface area contributed by atoms with Crippen molar-refractivity contribution >= 4 is 18.2 Å². The Labute approximate surface area is 103 Å². The molecule has 5 nitrogen and oxygen atoms in total. The third kappa shape index (κ3) is 2.26. The van der Waals surface area contributed by atoms with E-state index in [4.69, 9.17) is 17.0 Å². The Morgan fingerprint density at radius 1 is 1.53 bits per heavy atom. The molecule has 0 amide bonds. The van der Waals surface area contributed by atoms with Crippen LogP contribution >= 0.6 is 12.2 Å². The molecule has 0 spiro atoms. The summed E-state index contributed by atoms with van der Waals surface area (Å²) in [6.45, 7) is 1.77. The predicted octanol–water partition coefficient (Wildman–Crippen LogP) is 2.01. The summed E-state index contributed by atoms with van der Waals surface area (Å²) in [7, 11) is 1.74. The molecule has 2 aromatic rings. The number of pyridine rings is 1. The summed E-state index contributed by atoms with van der Waals surface area (Å²) < 4.78 is 7.14. The number of ether oxygens (including phenoxy) is 1. The molecule has 88 valence electrons. The lowest BCUT2D eigenvalue weighted by atomic mass is 10.3. The van der Waals surface area contributed by atoms with Crippen LogP contribution in [0.1, 0.15) is 16.1 Å². The van der Waals surface area contributed by atoms with Gasteiger partial charge in [0.25, 0.3) is 0 Å². The molecule has 0 saturated heterocycles. The smallest absolute Gasteiger partial charge is 0.349 e. The van der Waals surface area contributed by atoms with Crippen LogP contribution in [0.3, 0.4) is 0 Å². The van der Waals surface area contributed by atoms with Gasteiger partial charge in [-0.15, -0.1) is 0 Å². The molecule has 0 aromatic carbocycles. The summed E-state index contributed by atoms with van der Waals surface area (Å²) in [4.78, 5) is 15.8. The molecule has 2 rings (SSSR count). The number of aryl methyl sites for hydroxylation is 2. The first kappa shape index (κ1) is 11.5. The van der Waals surface area contributed by atoms with Gasteiger partial charge in [-0.25, -0.2) is 9.78 Å². The van der Waals surface area contributed by atoms with Crippen LogP contribution < -0.4 is 4.74 Å². The summed E-state index contributed by atoms with van der Waals surface area (Å²) in [5.41, 5.74) is 1.05. The average Bonchev–Trinajstić information content (AvgIpc) is 2.54. The second-order valence-electron chi connectivity index (χ2n) is 3.53. The summed E-state index contributed by atoms with van der Waals surface area (Å²) >= 11 is 5.12. The number of rotatable bonds is 2. The van der Waals surface area contributed by atoms with E-state index in [1.54, 1.807) is 43.0 Å². The second-order valence-corrected chi connectivity index (χ2v) is 3.92. The fourth-order valence-electron chi connectivity index (χ4n) is 1.48. The highest BCUT2D eigenvalue weighted by atomic mass is 32.1. The van der Waals surface area contributed by atoms with Crippen molar-refractivity contribution in [2.24, 2.45) is 7.05 Å². The number of hydrogen-bond donors (Lipinski definition) is 1. The van der Waals surface area contributed by atoms with Crippen LogP contribution in [0.25, 0.3) is 0 Å². The zero-order valence-corrected chi connectivity index (χ0v) is 10.2. The van der Waals surface area contributed by atoms with Crippen LogP contribution in [0.4, 0.5) is 0 Å². The van der Waals surface area contributed by atoms with E-state index < -0.39 is 5.97 Å². The van der Waals surface area contributed by atoms with E-state index in [-0.39, 0.29) is 5.88 Å². The number of esters is 1. The summed E-state index contributed by atoms with van der Waals surface area (Å²) in [6, 6.07) is 5.11. The Kier molecular flexibility index (Phi) is 3.06. The van der Waals surface area contributed by atoms with E-state index >= 15 is 0 Å². The first-order valence-electron chi connectivity index (χ1n) is 4.98. The van der Waals surface area contributed by atoms with E-state index in [0.717, 1.165) is 0 Å². The minimum Gasteiger partial charge on any atom is -0.404 e. The SMILES string of the molecule is Cc1[nH]n(C)c(=S)c1C(=O)Oc1ccccn1. The van der Waals surface area contributed by atoms with Crippen LogP contribution in [0.15, 0.2) is 24.4 Å². The molecular formula is C11H11N3O2S. The van der Waals surface area contributed by atoms with Crippen LogP contribution in [0.5, 0.6) is 5.88 Å². The molecule has 0 radical (unpaired) electrons. The molecule has 1 N–H and O–H groups in total. The van der Waals surface area contributed by atoms with Crippen molar-refractivity contribution < 1.29 is 9.53 Å². The highest BCUT2D eigenvalue weighted by molar-refractivity contribution is 7.71. The minimum absolute atomic E-state index is 0.259. The van der Waals surface area contributed by atoms with Crippen molar-refractivity contribution in [2.75, 3.05) is 0 Å². The lowest BCUT2D eigenvalue weighted by Gasteiger charge is -2.01. The fourth-order valence-corrected chi connectivity index (χ4v) is 1.76. The molecule has 0 unspecified atom stereocenters. The van der Waals surface area contributed by atoms with Crippen LogP contribution in [-0.2, 0) is 7.05 Å². The van der Waals surface area contributed by atoms with Gasteiger partial charge in [0, 0.05) is 25.0 Å². The van der Waals surface area contributed by atoms with Gasteiger partial charge in [0.2, 0.25) is 5.88 Å². The molecule has 0 atom stereocenters. The number of nitrogens with one attached hydrogen (secondary N) is 1. The molecule has 0 bridgehead atoms. The molecule has 0 saturated carbocycles. The van der Waals surface area contributed by atoms with Gasteiger partial charge in [-0.2, -0.15) is 0 Å². The highest BCUT2D eigenvalue weighted by Crippen LogP contribution is 2.12. The van der Waals surface area contributed by atoms with Crippen molar-refractivity contribution in [3.05, 3.63) is 40.3 Å². The highest BCUT2D eigenvalue weighted by Gasteiger charge is 2.17. The van der Waals surface area contributed by atoms with Gasteiger partial charge in [-0.3, -0.25) is 4.68 Å². The first-order chi connectivity index (χ1) is 8.09. The Hall–Kier alpha value is -1.95. The zero-order chi connectivity index (χ0) is 12.4. The van der Waals surface area contributed by atoms with Gasteiger partial charge in [0.1, 0.15) is 10.2 Å². The molecular weight excluding hydrogens is 238 g/mol. The lowest BCUT2D eigenvalue weighted by Crippen LogP contribution is -2.10. The van der Waals surface area contributed by atoms with E-state index in [0.29, 0.717) is 15.9 Å². The number of hydrogen-bond acceptors (Lipinski definition) is 4. The third-order valence-corrected chi connectivity index (χ3v) is 2.75. The number of carbonyl (C=O) groups is 1. The van der Waals surface area contributed by atoms with Crippen molar-refractivity contribution in [3.63, 3.8) is 0 Å². The molecule has 0 aliphatic carbocycles. The lowest BCUT2D eigenvalue weighted by molar-refractivity contribution is 0.0726. The van der Waals surface area contributed by atoms with Crippen LogP contribution in [0, 0.1) is 11.6 Å². The monoisotopic (exact) mass is 249 g/mol. The van der Waals surface area contributed by atoms with E-state index in [1.165, 1.54) is 0 Å².